The van der Waals surface area contributed by atoms with Gasteiger partial charge in [0.2, 0.25) is 0 Å². The van der Waals surface area contributed by atoms with Crippen LogP contribution in [0.3, 0.4) is 0 Å². The number of rotatable bonds is 7. The molecular formula is C27H25BrN8O5. The van der Waals surface area contributed by atoms with E-state index in [4.69, 9.17) is 10.5 Å². The first-order valence-corrected chi connectivity index (χ1v) is 13.4. The Balaban J connectivity index is 1.46. The van der Waals surface area contributed by atoms with Gasteiger partial charge in [-0.05, 0) is 23.8 Å². The second-order valence-electron chi connectivity index (χ2n) is 9.40. The molecule has 14 heteroatoms. The number of ether oxygens (including phenoxy) is 1. The van der Waals surface area contributed by atoms with Gasteiger partial charge in [0.25, 0.3) is 5.95 Å². The van der Waals surface area contributed by atoms with Gasteiger partial charge in [-0.1, -0.05) is 58.4 Å². The van der Waals surface area contributed by atoms with Crippen molar-refractivity contribution < 1.29 is 25.2 Å². The third-order valence-corrected chi connectivity index (χ3v) is 7.36. The highest BCUT2D eigenvalue weighted by molar-refractivity contribution is 9.10. The number of anilines is 1. The van der Waals surface area contributed by atoms with Crippen molar-refractivity contribution in [3.63, 3.8) is 0 Å². The summed E-state index contributed by atoms with van der Waals surface area (Å²) in [7, 11) is 0. The molecule has 0 unspecified atom stereocenters. The molecule has 210 valence electrons. The number of aromatic nitrogens is 5. The molecule has 0 bridgehead atoms. The van der Waals surface area contributed by atoms with E-state index in [0.29, 0.717) is 11.9 Å². The predicted octanol–water partition coefficient (Wildman–Crippen LogP) is 3.57. The number of nitrogens with two attached hydrogens (primary N) is 1. The Morgan fingerprint density at radius 3 is 2.63 bits per heavy atom. The quantitative estimate of drug-likeness (QED) is 0.169. The molecule has 1 fully saturated rings. The fourth-order valence-corrected chi connectivity index (χ4v) is 5.21. The van der Waals surface area contributed by atoms with Crippen molar-refractivity contribution in [2.24, 2.45) is 10.2 Å². The number of aromatic hydroxyl groups is 1. The Hall–Kier alpha value is -4.21. The summed E-state index contributed by atoms with van der Waals surface area (Å²) in [5, 5.41) is 51.1. The summed E-state index contributed by atoms with van der Waals surface area (Å²) < 4.78 is 9.63. The van der Waals surface area contributed by atoms with Crippen LogP contribution in [-0.2, 0) is 11.3 Å². The predicted molar refractivity (Wildman–Crippen MR) is 154 cm³/mol. The van der Waals surface area contributed by atoms with Gasteiger partial charge in [0.05, 0.1) is 12.1 Å². The van der Waals surface area contributed by atoms with Crippen molar-refractivity contribution >= 4 is 61.7 Å². The molecule has 0 amide bonds. The summed E-state index contributed by atoms with van der Waals surface area (Å²) in [5.41, 5.74) is 8.13. The van der Waals surface area contributed by atoms with Gasteiger partial charge < -0.3 is 35.5 Å². The van der Waals surface area contributed by atoms with Crippen LogP contribution in [0.2, 0.25) is 0 Å². The Kier molecular flexibility index (Phi) is 7.23. The molecule has 1 saturated heterocycles. The van der Waals surface area contributed by atoms with Crippen LogP contribution in [0.4, 0.5) is 17.6 Å². The molecule has 0 radical (unpaired) electrons. The number of aliphatic hydroxyl groups is 3. The SMILES string of the molecule is Nc1ncnc2c1nc(N=Nc1c(O)c3cc(Br)ccc3n1CC=Cc1ccccc1)n2[C@@H]1O[C@H](CO)[C@@H](O)[C@H]1O. The molecule has 0 spiro atoms. The highest BCUT2D eigenvalue weighted by atomic mass is 79.9. The topological polar surface area (TPSA) is 189 Å². The lowest BCUT2D eigenvalue weighted by Gasteiger charge is -2.17. The highest BCUT2D eigenvalue weighted by Crippen LogP contribution is 2.41. The Morgan fingerprint density at radius 2 is 1.88 bits per heavy atom. The van der Waals surface area contributed by atoms with Crippen molar-refractivity contribution in [3.8, 4) is 5.75 Å². The normalized spacial score (nSPS) is 21.3. The molecule has 1 aliphatic heterocycles. The molecule has 0 aliphatic carbocycles. The van der Waals surface area contributed by atoms with Gasteiger partial charge in [0.15, 0.2) is 34.8 Å². The molecule has 6 N–H and O–H groups in total. The van der Waals surface area contributed by atoms with E-state index >= 15 is 0 Å². The first kappa shape index (κ1) is 27.0. The largest absolute Gasteiger partial charge is 0.504 e. The van der Waals surface area contributed by atoms with Gasteiger partial charge in [0.1, 0.15) is 24.6 Å². The van der Waals surface area contributed by atoms with Crippen molar-refractivity contribution in [3.05, 3.63) is 71.0 Å². The number of fused-ring (bicyclic) bond motifs is 2. The number of hydrogen-bond donors (Lipinski definition) is 5. The fourth-order valence-electron chi connectivity index (χ4n) is 4.85. The Bertz CT molecular complexity index is 1790. The minimum absolute atomic E-state index is 0.0600. The molecule has 6 rings (SSSR count). The fraction of sp³-hybridized carbons (Fsp3) is 0.222. The van der Waals surface area contributed by atoms with Crippen LogP contribution in [0.5, 0.6) is 5.75 Å². The zero-order valence-electron chi connectivity index (χ0n) is 21.4. The second-order valence-corrected chi connectivity index (χ2v) is 10.3. The molecule has 41 heavy (non-hydrogen) atoms. The molecule has 4 heterocycles. The molecular weight excluding hydrogens is 596 g/mol. The van der Waals surface area contributed by atoms with Crippen LogP contribution in [0.15, 0.2) is 75.6 Å². The van der Waals surface area contributed by atoms with Crippen LogP contribution in [-0.4, -0.2) is 69.4 Å². The maximum Gasteiger partial charge on any atom is 0.254 e. The summed E-state index contributed by atoms with van der Waals surface area (Å²) in [6.45, 7) is -0.152. The summed E-state index contributed by atoms with van der Waals surface area (Å²) >= 11 is 3.45. The van der Waals surface area contributed by atoms with E-state index < -0.39 is 31.1 Å². The molecule has 2 aromatic carbocycles. The summed E-state index contributed by atoms with van der Waals surface area (Å²) in [6.07, 6.45) is 0.0736. The summed E-state index contributed by atoms with van der Waals surface area (Å²) in [4.78, 5) is 12.6. The van der Waals surface area contributed by atoms with Crippen molar-refractivity contribution in [2.75, 3.05) is 12.3 Å². The van der Waals surface area contributed by atoms with Crippen molar-refractivity contribution in [1.82, 2.24) is 24.1 Å². The first-order chi connectivity index (χ1) is 19.9. The van der Waals surface area contributed by atoms with E-state index in [9.17, 15) is 20.4 Å². The van der Waals surface area contributed by atoms with Crippen LogP contribution in [0.25, 0.3) is 28.1 Å². The van der Waals surface area contributed by atoms with Crippen molar-refractivity contribution in [1.29, 1.82) is 0 Å². The van der Waals surface area contributed by atoms with Crippen molar-refractivity contribution in [2.45, 2.75) is 31.1 Å². The number of hydrogen-bond acceptors (Lipinski definition) is 11. The average Bonchev–Trinajstić information content (AvgIpc) is 3.57. The van der Waals surface area contributed by atoms with E-state index in [2.05, 4.69) is 41.1 Å². The lowest BCUT2D eigenvalue weighted by molar-refractivity contribution is -0.0503. The molecule has 1 aliphatic rings. The van der Waals surface area contributed by atoms with Gasteiger partial charge in [-0.15, -0.1) is 10.2 Å². The van der Waals surface area contributed by atoms with Crippen LogP contribution >= 0.6 is 15.9 Å². The zero-order valence-corrected chi connectivity index (χ0v) is 22.9. The van der Waals surface area contributed by atoms with Crippen LogP contribution in [0.1, 0.15) is 11.8 Å². The average molecular weight is 621 g/mol. The van der Waals surface area contributed by atoms with E-state index in [1.54, 1.807) is 10.6 Å². The second kappa shape index (κ2) is 11.0. The summed E-state index contributed by atoms with van der Waals surface area (Å²) in [5.74, 6) is 0.0618. The van der Waals surface area contributed by atoms with Gasteiger partial charge in [-0.3, -0.25) is 4.57 Å². The number of halogens is 1. The monoisotopic (exact) mass is 620 g/mol. The third kappa shape index (κ3) is 4.85. The standard InChI is InChI=1S/C27H25BrN8O5/c28-15-8-9-17-16(11-15)20(38)25(35(17)10-4-7-14-5-2-1-3-6-14)33-34-27-32-19-23(29)30-13-31-24(19)36(27)26-22(40)21(39)18(12-37)41-26/h1-9,11,13,18,21-22,26,37-40H,10,12H2,(H2,29,30,31)/t18-,21-,22-,26-/m1/s1. The Labute approximate surface area is 241 Å². The molecule has 4 atom stereocenters. The molecule has 0 saturated carbocycles. The van der Waals surface area contributed by atoms with Gasteiger partial charge in [-0.2, -0.15) is 0 Å². The maximum absolute atomic E-state index is 11.2. The lowest BCUT2D eigenvalue weighted by atomic mass is 10.1. The van der Waals surface area contributed by atoms with Gasteiger partial charge in [0, 0.05) is 16.4 Å². The number of aliphatic hydroxyl groups excluding tert-OH is 3. The number of allylic oxidation sites excluding steroid dienone is 1. The van der Waals surface area contributed by atoms with Crippen LogP contribution < -0.4 is 5.73 Å². The van der Waals surface area contributed by atoms with E-state index in [1.165, 1.54) is 10.9 Å². The lowest BCUT2D eigenvalue weighted by Crippen LogP contribution is -2.33. The minimum Gasteiger partial charge on any atom is -0.504 e. The number of imidazole rings is 1. The third-order valence-electron chi connectivity index (χ3n) is 6.86. The highest BCUT2D eigenvalue weighted by Gasteiger charge is 2.45. The Morgan fingerprint density at radius 1 is 1.07 bits per heavy atom. The molecule has 5 aromatic rings. The number of nitrogen functional groups attached to an aromatic ring is 1. The van der Waals surface area contributed by atoms with E-state index in [0.717, 1.165) is 15.6 Å². The van der Waals surface area contributed by atoms with E-state index in [-0.39, 0.29) is 34.5 Å². The minimum atomic E-state index is -1.44. The molecule has 3 aromatic heterocycles. The smallest absolute Gasteiger partial charge is 0.254 e. The zero-order chi connectivity index (χ0) is 28.7. The van der Waals surface area contributed by atoms with Gasteiger partial charge in [-0.25, -0.2) is 15.0 Å². The number of azo groups is 1. The van der Waals surface area contributed by atoms with E-state index in [1.807, 2.05) is 54.6 Å². The molecule has 13 nitrogen and oxygen atoms in total. The van der Waals surface area contributed by atoms with Crippen LogP contribution in [0, 0.1) is 0 Å². The first-order valence-electron chi connectivity index (χ1n) is 12.6. The number of benzene rings is 2. The maximum atomic E-state index is 11.2. The van der Waals surface area contributed by atoms with Gasteiger partial charge >= 0.3 is 0 Å². The number of nitrogens with zero attached hydrogens (tertiary/aromatic N) is 7. The summed E-state index contributed by atoms with van der Waals surface area (Å²) in [6, 6.07) is 15.3.